The SMILES string of the molecule is CC(=O)NC1Cc2ccc(S(=O)(=O)N3CCN(C4CCCC4)CC3)cc2C1. The molecule has 0 bridgehead atoms. The van der Waals surface area contributed by atoms with Crippen molar-refractivity contribution < 1.29 is 13.2 Å². The summed E-state index contributed by atoms with van der Waals surface area (Å²) in [6.45, 7) is 4.33. The number of piperazine rings is 1. The highest BCUT2D eigenvalue weighted by molar-refractivity contribution is 7.89. The molecule has 0 radical (unpaired) electrons. The Morgan fingerprint density at radius 2 is 1.70 bits per heavy atom. The Bertz CT molecular complexity index is 810. The second-order valence-corrected chi connectivity index (χ2v) is 10.1. The number of rotatable bonds is 4. The minimum Gasteiger partial charge on any atom is -0.353 e. The topological polar surface area (TPSA) is 69.7 Å². The Kier molecular flexibility index (Phi) is 5.27. The van der Waals surface area contributed by atoms with Crippen LogP contribution >= 0.6 is 0 Å². The molecular formula is C20H29N3O3S. The summed E-state index contributed by atoms with van der Waals surface area (Å²) < 4.78 is 27.9. The molecule has 1 aliphatic heterocycles. The first kappa shape index (κ1) is 18.9. The number of fused-ring (bicyclic) bond motifs is 1. The van der Waals surface area contributed by atoms with E-state index in [0.29, 0.717) is 30.4 Å². The Hall–Kier alpha value is -1.44. The van der Waals surface area contributed by atoms with Crippen molar-refractivity contribution in [3.05, 3.63) is 29.3 Å². The van der Waals surface area contributed by atoms with E-state index in [1.165, 1.54) is 32.6 Å². The van der Waals surface area contributed by atoms with Gasteiger partial charge < -0.3 is 5.32 Å². The first-order valence-electron chi connectivity index (χ1n) is 10.1. The van der Waals surface area contributed by atoms with Crippen LogP contribution in [0.15, 0.2) is 23.1 Å². The molecule has 1 atom stereocenters. The standard InChI is InChI=1S/C20H29N3O3S/c1-15(24)21-18-12-16-6-7-20(14-17(16)13-18)27(25,26)23-10-8-22(9-11-23)19-4-2-3-5-19/h6-7,14,18-19H,2-5,8-13H2,1H3,(H,21,24). The van der Waals surface area contributed by atoms with Gasteiger partial charge in [0, 0.05) is 45.2 Å². The second kappa shape index (κ2) is 7.53. The van der Waals surface area contributed by atoms with Crippen LogP contribution in [0.4, 0.5) is 0 Å². The molecule has 148 valence electrons. The summed E-state index contributed by atoms with van der Waals surface area (Å²) >= 11 is 0. The Morgan fingerprint density at radius 3 is 2.37 bits per heavy atom. The van der Waals surface area contributed by atoms with Crippen molar-refractivity contribution in [3.63, 3.8) is 0 Å². The van der Waals surface area contributed by atoms with Crippen LogP contribution in [-0.2, 0) is 27.7 Å². The van der Waals surface area contributed by atoms with Crippen LogP contribution in [0.5, 0.6) is 0 Å². The van der Waals surface area contributed by atoms with Gasteiger partial charge in [0.25, 0.3) is 0 Å². The second-order valence-electron chi connectivity index (χ2n) is 8.11. The summed E-state index contributed by atoms with van der Waals surface area (Å²) in [5.74, 6) is -0.0409. The molecular weight excluding hydrogens is 362 g/mol. The van der Waals surface area contributed by atoms with Gasteiger partial charge in [-0.25, -0.2) is 8.42 Å². The highest BCUT2D eigenvalue weighted by Crippen LogP contribution is 2.28. The highest BCUT2D eigenvalue weighted by Gasteiger charge is 2.33. The molecule has 1 saturated carbocycles. The molecule has 27 heavy (non-hydrogen) atoms. The van der Waals surface area contributed by atoms with E-state index in [0.717, 1.165) is 30.6 Å². The van der Waals surface area contributed by atoms with E-state index in [9.17, 15) is 13.2 Å². The van der Waals surface area contributed by atoms with E-state index in [2.05, 4.69) is 10.2 Å². The molecule has 7 heteroatoms. The van der Waals surface area contributed by atoms with Crippen LogP contribution in [0, 0.1) is 0 Å². The number of hydrogen-bond acceptors (Lipinski definition) is 4. The van der Waals surface area contributed by atoms with Crippen LogP contribution in [-0.4, -0.2) is 61.8 Å². The minimum atomic E-state index is -3.45. The Morgan fingerprint density at radius 1 is 1.04 bits per heavy atom. The van der Waals surface area contributed by atoms with Crippen LogP contribution < -0.4 is 5.32 Å². The summed E-state index contributed by atoms with van der Waals surface area (Å²) in [5, 5.41) is 2.94. The molecule has 1 heterocycles. The summed E-state index contributed by atoms with van der Waals surface area (Å²) in [4.78, 5) is 14.1. The van der Waals surface area contributed by atoms with Crippen LogP contribution in [0.3, 0.4) is 0 Å². The minimum absolute atomic E-state index is 0.0409. The van der Waals surface area contributed by atoms with Crippen LogP contribution in [0.2, 0.25) is 0 Å². The van der Waals surface area contributed by atoms with Crippen molar-refractivity contribution in [1.29, 1.82) is 0 Å². The predicted octanol–water partition coefficient (Wildman–Crippen LogP) is 1.54. The fourth-order valence-corrected chi connectivity index (χ4v) is 6.35. The van der Waals surface area contributed by atoms with Crippen molar-refractivity contribution >= 4 is 15.9 Å². The van der Waals surface area contributed by atoms with E-state index < -0.39 is 10.0 Å². The summed E-state index contributed by atoms with van der Waals surface area (Å²) in [5.41, 5.74) is 2.18. The van der Waals surface area contributed by atoms with E-state index in [4.69, 9.17) is 0 Å². The molecule has 1 unspecified atom stereocenters. The third-order valence-corrected chi connectivity index (χ3v) is 8.16. The Balaban J connectivity index is 1.43. The Labute approximate surface area is 162 Å². The number of sulfonamides is 1. The van der Waals surface area contributed by atoms with Gasteiger partial charge in [-0.15, -0.1) is 0 Å². The van der Waals surface area contributed by atoms with Gasteiger partial charge in [-0.05, 0) is 48.9 Å². The molecule has 1 N–H and O–H groups in total. The van der Waals surface area contributed by atoms with Crippen molar-refractivity contribution in [2.45, 2.75) is 62.4 Å². The quantitative estimate of drug-likeness (QED) is 0.845. The van der Waals surface area contributed by atoms with E-state index in [1.54, 1.807) is 10.4 Å². The summed E-state index contributed by atoms with van der Waals surface area (Å²) in [6, 6.07) is 6.19. The molecule has 3 aliphatic rings. The average molecular weight is 392 g/mol. The van der Waals surface area contributed by atoms with Gasteiger partial charge in [0.15, 0.2) is 0 Å². The molecule has 1 amide bonds. The fraction of sp³-hybridized carbons (Fsp3) is 0.650. The van der Waals surface area contributed by atoms with Crippen molar-refractivity contribution in [1.82, 2.24) is 14.5 Å². The first-order chi connectivity index (χ1) is 12.9. The normalized spacial score (nSPS) is 24.9. The third kappa shape index (κ3) is 3.91. The molecule has 4 rings (SSSR count). The number of benzene rings is 1. The number of hydrogen-bond donors (Lipinski definition) is 1. The molecule has 1 saturated heterocycles. The van der Waals surface area contributed by atoms with Gasteiger partial charge in [-0.3, -0.25) is 9.69 Å². The zero-order chi connectivity index (χ0) is 19.0. The van der Waals surface area contributed by atoms with Crippen molar-refractivity contribution in [2.75, 3.05) is 26.2 Å². The lowest BCUT2D eigenvalue weighted by molar-refractivity contribution is -0.119. The average Bonchev–Trinajstić information content (AvgIpc) is 3.30. The molecule has 1 aromatic carbocycles. The van der Waals surface area contributed by atoms with E-state index >= 15 is 0 Å². The van der Waals surface area contributed by atoms with Crippen LogP contribution in [0.1, 0.15) is 43.7 Å². The van der Waals surface area contributed by atoms with Gasteiger partial charge in [0.05, 0.1) is 4.90 Å². The molecule has 2 fully saturated rings. The lowest BCUT2D eigenvalue weighted by atomic mass is 10.1. The van der Waals surface area contributed by atoms with Crippen molar-refractivity contribution in [3.8, 4) is 0 Å². The monoisotopic (exact) mass is 391 g/mol. The fourth-order valence-electron chi connectivity index (χ4n) is 4.87. The van der Waals surface area contributed by atoms with Gasteiger partial charge in [0.2, 0.25) is 15.9 Å². The first-order valence-corrected chi connectivity index (χ1v) is 11.5. The summed E-state index contributed by atoms with van der Waals surface area (Å²) in [6.07, 6.45) is 6.60. The number of nitrogens with one attached hydrogen (secondary N) is 1. The number of amides is 1. The smallest absolute Gasteiger partial charge is 0.243 e. The highest BCUT2D eigenvalue weighted by atomic mass is 32.2. The largest absolute Gasteiger partial charge is 0.353 e. The van der Waals surface area contributed by atoms with Gasteiger partial charge >= 0.3 is 0 Å². The predicted molar refractivity (Wildman–Crippen MR) is 104 cm³/mol. The molecule has 6 nitrogen and oxygen atoms in total. The lowest BCUT2D eigenvalue weighted by Gasteiger charge is -2.37. The maximum absolute atomic E-state index is 13.1. The molecule has 0 spiro atoms. The van der Waals surface area contributed by atoms with Crippen molar-refractivity contribution in [2.24, 2.45) is 0 Å². The number of nitrogens with zero attached hydrogens (tertiary/aromatic N) is 2. The van der Waals surface area contributed by atoms with E-state index in [1.807, 2.05) is 12.1 Å². The molecule has 1 aromatic rings. The molecule has 0 aromatic heterocycles. The molecule has 2 aliphatic carbocycles. The third-order valence-electron chi connectivity index (χ3n) is 6.27. The zero-order valence-corrected chi connectivity index (χ0v) is 16.8. The number of carbonyl (C=O) groups is 1. The van der Waals surface area contributed by atoms with Gasteiger partial charge in [-0.1, -0.05) is 18.9 Å². The van der Waals surface area contributed by atoms with Gasteiger partial charge in [0.1, 0.15) is 0 Å². The van der Waals surface area contributed by atoms with Crippen LogP contribution in [0.25, 0.3) is 0 Å². The number of carbonyl (C=O) groups excluding carboxylic acids is 1. The maximum atomic E-state index is 13.1. The van der Waals surface area contributed by atoms with E-state index in [-0.39, 0.29) is 11.9 Å². The van der Waals surface area contributed by atoms with Gasteiger partial charge in [-0.2, -0.15) is 4.31 Å². The summed E-state index contributed by atoms with van der Waals surface area (Å²) in [7, 11) is -3.45. The zero-order valence-electron chi connectivity index (χ0n) is 16.0. The lowest BCUT2D eigenvalue weighted by Crippen LogP contribution is -2.51. The maximum Gasteiger partial charge on any atom is 0.243 e.